The van der Waals surface area contributed by atoms with Crippen molar-refractivity contribution in [1.82, 2.24) is 5.32 Å². The van der Waals surface area contributed by atoms with Gasteiger partial charge in [-0.2, -0.15) is 0 Å². The molecule has 7 heteroatoms. The number of anilines is 3. The standard InChI is InChI=1S/C37H42N4O3/c1-40(2)31-21-23-32(24-22-31)41(37(44)38-30-13-7-4-8-14-30)25-27-17-19-28(20-18-27)33-15-9-10-16-34(33)36(43)39-35(26-42)29-11-5-3-6-12-29/h3-8,11-14,17-24,33-35,42H,9-10,15-16,25-26H2,1-2H3,(H,38,44)(H,39,43). The van der Waals surface area contributed by atoms with Crippen molar-refractivity contribution in [3.05, 3.63) is 126 Å². The highest BCUT2D eigenvalue weighted by Gasteiger charge is 2.33. The zero-order chi connectivity index (χ0) is 30.9. The summed E-state index contributed by atoms with van der Waals surface area (Å²) in [6.45, 7) is 0.248. The van der Waals surface area contributed by atoms with Crippen LogP contribution >= 0.6 is 0 Å². The van der Waals surface area contributed by atoms with Gasteiger partial charge in [0.15, 0.2) is 0 Å². The molecule has 7 nitrogen and oxygen atoms in total. The number of amides is 3. The normalized spacial score (nSPS) is 16.9. The zero-order valence-corrected chi connectivity index (χ0v) is 25.5. The Kier molecular flexibility index (Phi) is 10.3. The predicted octanol–water partition coefficient (Wildman–Crippen LogP) is 7.11. The molecule has 3 atom stereocenters. The highest BCUT2D eigenvalue weighted by atomic mass is 16.3. The average molecular weight is 591 g/mol. The Bertz CT molecular complexity index is 1490. The van der Waals surface area contributed by atoms with Gasteiger partial charge in [0, 0.05) is 37.1 Å². The second-order valence-electron chi connectivity index (χ2n) is 11.7. The Morgan fingerprint density at radius 3 is 2.05 bits per heavy atom. The average Bonchev–Trinajstić information content (AvgIpc) is 3.07. The van der Waals surface area contributed by atoms with E-state index in [0.29, 0.717) is 6.54 Å². The monoisotopic (exact) mass is 590 g/mol. The topological polar surface area (TPSA) is 84.9 Å². The van der Waals surface area contributed by atoms with Crippen LogP contribution in [0.3, 0.4) is 0 Å². The first-order valence-electron chi connectivity index (χ1n) is 15.4. The van der Waals surface area contributed by atoms with Crippen LogP contribution in [0.25, 0.3) is 0 Å². The van der Waals surface area contributed by atoms with Gasteiger partial charge >= 0.3 is 6.03 Å². The number of para-hydroxylation sites is 1. The molecular weight excluding hydrogens is 548 g/mol. The van der Waals surface area contributed by atoms with E-state index < -0.39 is 6.04 Å². The SMILES string of the molecule is CN(C)c1ccc(N(Cc2ccc(C3CCCCC3C(=O)NC(CO)c3ccccc3)cc2)C(=O)Nc2ccccc2)cc1. The molecule has 4 aromatic carbocycles. The number of benzene rings is 4. The Morgan fingerprint density at radius 2 is 1.41 bits per heavy atom. The third kappa shape index (κ3) is 7.66. The summed E-state index contributed by atoms with van der Waals surface area (Å²) in [7, 11) is 3.98. The van der Waals surface area contributed by atoms with Crippen LogP contribution in [0.15, 0.2) is 109 Å². The van der Waals surface area contributed by atoms with Crippen LogP contribution in [0.2, 0.25) is 0 Å². The van der Waals surface area contributed by atoms with Crippen LogP contribution in [-0.2, 0) is 11.3 Å². The molecule has 0 heterocycles. The van der Waals surface area contributed by atoms with E-state index in [4.69, 9.17) is 0 Å². The number of urea groups is 1. The number of carbonyl (C=O) groups is 2. The molecule has 3 N–H and O–H groups in total. The lowest BCUT2D eigenvalue weighted by Crippen LogP contribution is -2.39. The van der Waals surface area contributed by atoms with E-state index in [2.05, 4.69) is 34.9 Å². The molecule has 228 valence electrons. The molecule has 0 aliphatic heterocycles. The van der Waals surface area contributed by atoms with Crippen LogP contribution < -0.4 is 20.4 Å². The van der Waals surface area contributed by atoms with Crippen LogP contribution in [-0.4, -0.2) is 37.7 Å². The molecular formula is C37H42N4O3. The summed E-state index contributed by atoms with van der Waals surface area (Å²) in [5.74, 6) is -0.0636. The van der Waals surface area contributed by atoms with Crippen molar-refractivity contribution >= 4 is 29.0 Å². The van der Waals surface area contributed by atoms with Crippen LogP contribution in [0.4, 0.5) is 21.9 Å². The van der Waals surface area contributed by atoms with Gasteiger partial charge in [0.05, 0.1) is 19.2 Å². The molecule has 5 rings (SSSR count). The summed E-state index contributed by atoms with van der Waals surface area (Å²) >= 11 is 0. The van der Waals surface area contributed by atoms with E-state index in [1.165, 1.54) is 0 Å². The van der Waals surface area contributed by atoms with E-state index in [-0.39, 0.29) is 30.4 Å². The van der Waals surface area contributed by atoms with Crippen molar-refractivity contribution in [2.45, 2.75) is 44.2 Å². The van der Waals surface area contributed by atoms with Gasteiger partial charge in [0.1, 0.15) is 0 Å². The minimum absolute atomic E-state index is 0.00777. The van der Waals surface area contributed by atoms with Crippen molar-refractivity contribution in [3.63, 3.8) is 0 Å². The van der Waals surface area contributed by atoms with Gasteiger partial charge in [-0.1, -0.05) is 85.6 Å². The molecule has 1 saturated carbocycles. The molecule has 0 bridgehead atoms. The summed E-state index contributed by atoms with van der Waals surface area (Å²) < 4.78 is 0. The quantitative estimate of drug-likeness (QED) is 0.184. The van der Waals surface area contributed by atoms with Crippen molar-refractivity contribution in [2.75, 3.05) is 35.8 Å². The Morgan fingerprint density at radius 1 is 0.795 bits per heavy atom. The number of rotatable bonds is 10. The van der Waals surface area contributed by atoms with E-state index in [0.717, 1.165) is 59.4 Å². The first-order valence-corrected chi connectivity index (χ1v) is 15.4. The van der Waals surface area contributed by atoms with Gasteiger partial charge < -0.3 is 20.6 Å². The molecule has 3 amide bonds. The number of hydrogen-bond donors (Lipinski definition) is 3. The molecule has 4 aromatic rings. The lowest BCUT2D eigenvalue weighted by molar-refractivity contribution is -0.127. The summed E-state index contributed by atoms with van der Waals surface area (Å²) in [4.78, 5) is 30.8. The highest BCUT2D eigenvalue weighted by Crippen LogP contribution is 2.38. The lowest BCUT2D eigenvalue weighted by atomic mass is 9.74. The largest absolute Gasteiger partial charge is 0.394 e. The van der Waals surface area contributed by atoms with Crippen molar-refractivity contribution in [3.8, 4) is 0 Å². The van der Waals surface area contributed by atoms with E-state index in [9.17, 15) is 14.7 Å². The maximum absolute atomic E-state index is 13.5. The molecule has 0 aromatic heterocycles. The van der Waals surface area contributed by atoms with Gasteiger partial charge in [-0.05, 0) is 71.8 Å². The number of carbonyl (C=O) groups excluding carboxylic acids is 2. The number of nitrogens with zero attached hydrogens (tertiary/aromatic N) is 2. The van der Waals surface area contributed by atoms with Crippen LogP contribution in [0.1, 0.15) is 54.3 Å². The summed E-state index contributed by atoms with van der Waals surface area (Å²) in [6.07, 6.45) is 3.85. The summed E-state index contributed by atoms with van der Waals surface area (Å²) in [5, 5.41) is 16.1. The minimum atomic E-state index is -0.423. The van der Waals surface area contributed by atoms with Crippen molar-refractivity contribution < 1.29 is 14.7 Å². The fourth-order valence-corrected chi connectivity index (χ4v) is 6.02. The van der Waals surface area contributed by atoms with Gasteiger partial charge in [-0.15, -0.1) is 0 Å². The lowest BCUT2D eigenvalue weighted by Gasteiger charge is -2.32. The Labute approximate surface area is 260 Å². The second-order valence-corrected chi connectivity index (χ2v) is 11.7. The molecule has 3 unspecified atom stereocenters. The number of aliphatic hydroxyl groups is 1. The second kappa shape index (κ2) is 14.7. The van der Waals surface area contributed by atoms with Crippen LogP contribution in [0, 0.1) is 5.92 Å². The highest BCUT2D eigenvalue weighted by molar-refractivity contribution is 6.01. The van der Waals surface area contributed by atoms with Gasteiger partial charge in [-0.3, -0.25) is 9.69 Å². The number of aliphatic hydroxyl groups excluding tert-OH is 1. The number of hydrogen-bond acceptors (Lipinski definition) is 4. The fourth-order valence-electron chi connectivity index (χ4n) is 6.02. The molecule has 0 radical (unpaired) electrons. The van der Waals surface area contributed by atoms with E-state index in [1.54, 1.807) is 4.90 Å². The van der Waals surface area contributed by atoms with Crippen molar-refractivity contribution in [2.24, 2.45) is 5.92 Å². The summed E-state index contributed by atoms with van der Waals surface area (Å²) in [6, 6.07) is 34.7. The molecule has 1 aliphatic rings. The maximum atomic E-state index is 13.5. The minimum Gasteiger partial charge on any atom is -0.394 e. The van der Waals surface area contributed by atoms with Gasteiger partial charge in [0.2, 0.25) is 5.91 Å². The van der Waals surface area contributed by atoms with Gasteiger partial charge in [-0.25, -0.2) is 4.79 Å². The van der Waals surface area contributed by atoms with Gasteiger partial charge in [0.25, 0.3) is 0 Å². The molecule has 1 aliphatic carbocycles. The van der Waals surface area contributed by atoms with Crippen LogP contribution in [0.5, 0.6) is 0 Å². The molecule has 44 heavy (non-hydrogen) atoms. The van der Waals surface area contributed by atoms with Crippen molar-refractivity contribution in [1.29, 1.82) is 0 Å². The molecule has 1 fully saturated rings. The zero-order valence-electron chi connectivity index (χ0n) is 25.5. The Balaban J connectivity index is 1.32. The first kappa shape index (κ1) is 30.8. The molecule has 0 spiro atoms. The van der Waals surface area contributed by atoms with E-state index in [1.807, 2.05) is 104 Å². The van der Waals surface area contributed by atoms with E-state index >= 15 is 0 Å². The predicted molar refractivity (Wildman–Crippen MR) is 178 cm³/mol. The Hall–Kier alpha value is -4.62. The maximum Gasteiger partial charge on any atom is 0.326 e. The third-order valence-corrected chi connectivity index (χ3v) is 8.50. The fraction of sp³-hybridized carbons (Fsp3) is 0.297. The first-order chi connectivity index (χ1) is 21.4. The smallest absolute Gasteiger partial charge is 0.326 e. The summed E-state index contributed by atoms with van der Waals surface area (Å²) in [5.41, 5.74) is 5.62. The number of nitrogens with one attached hydrogen (secondary N) is 2. The molecule has 0 saturated heterocycles. The third-order valence-electron chi connectivity index (χ3n) is 8.50.